The second-order valence-corrected chi connectivity index (χ2v) is 6.78. The van der Waals surface area contributed by atoms with Crippen molar-refractivity contribution in [3.8, 4) is 11.4 Å². The zero-order valence-corrected chi connectivity index (χ0v) is 14.7. The van der Waals surface area contributed by atoms with Crippen LogP contribution in [0.2, 0.25) is 0 Å². The molecule has 0 aliphatic carbocycles. The summed E-state index contributed by atoms with van der Waals surface area (Å²) < 4.78 is 14.0. The van der Waals surface area contributed by atoms with E-state index >= 15 is 0 Å². The van der Waals surface area contributed by atoms with E-state index in [1.807, 2.05) is 53.2 Å². The first kappa shape index (κ1) is 16.5. The van der Waals surface area contributed by atoms with Crippen molar-refractivity contribution in [1.29, 1.82) is 0 Å². The molecule has 0 bridgehead atoms. The van der Waals surface area contributed by atoms with E-state index in [0.29, 0.717) is 19.8 Å². The molecule has 4 heterocycles. The van der Waals surface area contributed by atoms with Crippen molar-refractivity contribution in [3.05, 3.63) is 60.4 Å². The van der Waals surface area contributed by atoms with Gasteiger partial charge in [-0.05, 0) is 22.6 Å². The van der Waals surface area contributed by atoms with Crippen LogP contribution in [-0.4, -0.2) is 56.7 Å². The Kier molecular flexibility index (Phi) is 4.36. The Morgan fingerprint density at radius 2 is 1.85 bits per heavy atom. The van der Waals surface area contributed by atoms with Crippen LogP contribution in [-0.2, 0) is 16.0 Å². The monoisotopic (exact) mass is 364 g/mol. The molecule has 0 unspecified atom stereocenters. The summed E-state index contributed by atoms with van der Waals surface area (Å²) >= 11 is 0. The summed E-state index contributed by atoms with van der Waals surface area (Å²) in [4.78, 5) is 4.35. The number of ether oxygens (including phenoxy) is 2. The molecule has 2 aliphatic heterocycles. The molecule has 0 saturated carbocycles. The number of aromatic nitrogens is 5. The van der Waals surface area contributed by atoms with Crippen LogP contribution in [0.3, 0.4) is 0 Å². The Hall–Kier alpha value is -2.68. The molecule has 2 fully saturated rings. The number of pyridine rings is 1. The molecular formula is C19H20N6O2. The molecule has 4 atom stereocenters. The molecule has 8 nitrogen and oxygen atoms in total. The van der Waals surface area contributed by atoms with E-state index in [1.54, 1.807) is 6.20 Å². The highest BCUT2D eigenvalue weighted by molar-refractivity contribution is 5.54. The number of fused-ring (bicyclic) bond motifs is 1. The number of hydrogen-bond donors (Lipinski definition) is 1. The quantitative estimate of drug-likeness (QED) is 0.729. The maximum Gasteiger partial charge on any atom is 0.182 e. The lowest BCUT2D eigenvalue weighted by molar-refractivity contribution is 0.0621. The first-order valence-corrected chi connectivity index (χ1v) is 9.10. The number of tetrazole rings is 1. The molecule has 2 aromatic heterocycles. The first-order valence-electron chi connectivity index (χ1n) is 9.10. The van der Waals surface area contributed by atoms with Gasteiger partial charge in [0.15, 0.2) is 5.82 Å². The Balaban J connectivity index is 1.31. The summed E-state index contributed by atoms with van der Waals surface area (Å²) in [5, 5.41) is 15.8. The average molecular weight is 364 g/mol. The second kappa shape index (κ2) is 7.15. The zero-order valence-electron chi connectivity index (χ0n) is 14.7. The number of nitrogens with zero attached hydrogens (tertiary/aromatic N) is 5. The molecule has 0 amide bonds. The van der Waals surface area contributed by atoms with Crippen molar-refractivity contribution < 1.29 is 9.47 Å². The highest BCUT2D eigenvalue weighted by atomic mass is 16.6. The second-order valence-electron chi connectivity index (χ2n) is 6.78. The van der Waals surface area contributed by atoms with Gasteiger partial charge in [-0.15, -0.1) is 5.10 Å². The minimum absolute atomic E-state index is 0.0217. The highest BCUT2D eigenvalue weighted by Crippen LogP contribution is 2.35. The van der Waals surface area contributed by atoms with Gasteiger partial charge in [0.1, 0.15) is 18.2 Å². The third kappa shape index (κ3) is 3.12. The number of rotatable bonds is 5. The van der Waals surface area contributed by atoms with Gasteiger partial charge in [-0.25, -0.2) is 4.68 Å². The van der Waals surface area contributed by atoms with Crippen molar-refractivity contribution in [1.82, 2.24) is 30.5 Å². The average Bonchev–Trinajstić information content (AvgIpc) is 3.44. The smallest absolute Gasteiger partial charge is 0.182 e. The number of hydrogen-bond acceptors (Lipinski definition) is 7. The predicted octanol–water partition coefficient (Wildman–Crippen LogP) is 1.23. The Morgan fingerprint density at radius 3 is 2.70 bits per heavy atom. The van der Waals surface area contributed by atoms with Gasteiger partial charge in [0.25, 0.3) is 0 Å². The maximum atomic E-state index is 6.08. The van der Waals surface area contributed by atoms with E-state index in [4.69, 9.17) is 9.47 Å². The van der Waals surface area contributed by atoms with Gasteiger partial charge in [0.2, 0.25) is 0 Å². The Morgan fingerprint density at radius 1 is 1.00 bits per heavy atom. The van der Waals surface area contributed by atoms with Crippen LogP contribution in [0.15, 0.2) is 54.7 Å². The van der Waals surface area contributed by atoms with Gasteiger partial charge in [-0.3, -0.25) is 4.98 Å². The van der Waals surface area contributed by atoms with E-state index in [9.17, 15) is 0 Å². The minimum atomic E-state index is -0.0720. The van der Waals surface area contributed by atoms with Crippen LogP contribution >= 0.6 is 0 Å². The Labute approximate surface area is 156 Å². The van der Waals surface area contributed by atoms with E-state index in [0.717, 1.165) is 17.1 Å². The van der Waals surface area contributed by atoms with E-state index in [2.05, 4.69) is 25.8 Å². The molecule has 1 aromatic carbocycles. The highest BCUT2D eigenvalue weighted by Gasteiger charge is 2.49. The summed E-state index contributed by atoms with van der Waals surface area (Å²) in [6.07, 6.45) is 1.71. The standard InChI is InChI=1S/C19H20N6O2/c1-2-6-13(7-3-1)19-22-23-24-25(19)16-12-27-17-15(11-26-18(16)17)21-10-14-8-4-5-9-20-14/h1-9,15-18,21H,10-12H2/t15-,16-,17+,18+/m0/s1. The summed E-state index contributed by atoms with van der Waals surface area (Å²) in [7, 11) is 0. The van der Waals surface area contributed by atoms with Crippen molar-refractivity contribution in [2.75, 3.05) is 13.2 Å². The lowest BCUT2D eigenvalue weighted by Crippen LogP contribution is -2.40. The SMILES string of the molecule is c1ccc(-c2nnnn2[C@H]2CO[C@H]3[C@@H]2OC[C@@H]3NCc2ccccn2)cc1. The fourth-order valence-electron chi connectivity index (χ4n) is 3.80. The molecule has 138 valence electrons. The molecule has 0 radical (unpaired) electrons. The third-order valence-electron chi connectivity index (χ3n) is 5.14. The fourth-order valence-corrected chi connectivity index (χ4v) is 3.80. The van der Waals surface area contributed by atoms with Gasteiger partial charge in [0, 0.05) is 18.3 Å². The lowest BCUT2D eigenvalue weighted by Gasteiger charge is -2.18. The van der Waals surface area contributed by atoms with E-state index < -0.39 is 0 Å². The predicted molar refractivity (Wildman–Crippen MR) is 96.6 cm³/mol. The van der Waals surface area contributed by atoms with Crippen molar-refractivity contribution in [2.45, 2.75) is 30.8 Å². The van der Waals surface area contributed by atoms with Crippen LogP contribution in [0.1, 0.15) is 11.7 Å². The largest absolute Gasteiger partial charge is 0.371 e. The normalized spacial score (nSPS) is 27.0. The van der Waals surface area contributed by atoms with Crippen LogP contribution < -0.4 is 5.32 Å². The van der Waals surface area contributed by atoms with Crippen molar-refractivity contribution >= 4 is 0 Å². The molecule has 27 heavy (non-hydrogen) atoms. The van der Waals surface area contributed by atoms with Gasteiger partial charge < -0.3 is 14.8 Å². The molecule has 8 heteroatoms. The first-order chi connectivity index (χ1) is 13.4. The Bertz CT molecular complexity index is 887. The molecular weight excluding hydrogens is 344 g/mol. The molecule has 3 aromatic rings. The van der Waals surface area contributed by atoms with E-state index in [-0.39, 0.29) is 24.3 Å². The summed E-state index contributed by atoms with van der Waals surface area (Å²) in [6.45, 7) is 1.82. The topological polar surface area (TPSA) is 87.0 Å². The summed E-state index contributed by atoms with van der Waals surface area (Å²) in [5.41, 5.74) is 1.98. The lowest BCUT2D eigenvalue weighted by atomic mass is 10.1. The van der Waals surface area contributed by atoms with Crippen LogP contribution in [0.5, 0.6) is 0 Å². The van der Waals surface area contributed by atoms with Crippen LogP contribution in [0, 0.1) is 0 Å². The van der Waals surface area contributed by atoms with Crippen LogP contribution in [0.4, 0.5) is 0 Å². The zero-order chi connectivity index (χ0) is 18.1. The van der Waals surface area contributed by atoms with Crippen molar-refractivity contribution in [2.24, 2.45) is 0 Å². The molecule has 1 N–H and O–H groups in total. The fraction of sp³-hybridized carbons (Fsp3) is 0.368. The number of nitrogens with one attached hydrogen (secondary N) is 1. The molecule has 0 spiro atoms. The van der Waals surface area contributed by atoms with Gasteiger partial charge >= 0.3 is 0 Å². The van der Waals surface area contributed by atoms with Crippen LogP contribution in [0.25, 0.3) is 11.4 Å². The summed E-state index contributed by atoms with van der Waals surface area (Å²) in [6, 6.07) is 15.9. The molecule has 5 rings (SSSR count). The maximum absolute atomic E-state index is 6.08. The van der Waals surface area contributed by atoms with Crippen molar-refractivity contribution in [3.63, 3.8) is 0 Å². The molecule has 2 aliphatic rings. The number of benzene rings is 1. The van der Waals surface area contributed by atoms with Gasteiger partial charge in [-0.1, -0.05) is 36.4 Å². The van der Waals surface area contributed by atoms with Gasteiger partial charge in [0.05, 0.1) is 24.9 Å². The van der Waals surface area contributed by atoms with E-state index in [1.165, 1.54) is 0 Å². The third-order valence-corrected chi connectivity index (χ3v) is 5.14. The summed E-state index contributed by atoms with van der Waals surface area (Å²) in [5.74, 6) is 0.735. The molecule has 2 saturated heterocycles. The van der Waals surface area contributed by atoms with Gasteiger partial charge in [-0.2, -0.15) is 0 Å². The minimum Gasteiger partial charge on any atom is -0.371 e.